The third-order valence-electron chi connectivity index (χ3n) is 9.05. The summed E-state index contributed by atoms with van der Waals surface area (Å²) in [6, 6.07) is 28.9. The average molecular weight is 723 g/mol. The van der Waals surface area contributed by atoms with Crippen molar-refractivity contribution in [2.75, 3.05) is 6.61 Å². The number of rotatable bonds is 16. The van der Waals surface area contributed by atoms with Crippen molar-refractivity contribution in [2.45, 2.75) is 72.1 Å². The number of hydrogen-bond acceptors (Lipinski definition) is 11. The molecule has 0 amide bonds. The zero-order chi connectivity index (χ0) is 37.3. The second kappa shape index (κ2) is 17.1. The molecule has 54 heavy (non-hydrogen) atoms. The van der Waals surface area contributed by atoms with E-state index in [4.69, 9.17) is 33.3 Å². The Kier molecular flexibility index (Phi) is 11.4. The highest BCUT2D eigenvalue weighted by atomic mass is 16.5. The van der Waals surface area contributed by atoms with Gasteiger partial charge >= 0.3 is 5.97 Å². The monoisotopic (exact) mass is 722 g/mol. The fraction of sp³-hybridized carbons (Fsp3) is 0.279. The highest BCUT2D eigenvalue weighted by molar-refractivity contribution is 5.90. The van der Waals surface area contributed by atoms with Crippen LogP contribution in [0.2, 0.25) is 0 Å². The fourth-order valence-corrected chi connectivity index (χ4v) is 6.04. The second-order valence-corrected chi connectivity index (χ2v) is 13.2. The first-order chi connectivity index (χ1) is 26.5. The maximum absolute atomic E-state index is 12.6. The molecule has 0 aliphatic heterocycles. The Morgan fingerprint density at radius 3 is 1.39 bits per heavy atom. The van der Waals surface area contributed by atoms with E-state index in [9.17, 15) is 4.79 Å². The third kappa shape index (κ3) is 8.52. The van der Waals surface area contributed by atoms with E-state index in [1.165, 1.54) is 11.1 Å². The minimum Gasteiger partial charge on any atom is -0.462 e. The summed E-state index contributed by atoms with van der Waals surface area (Å²) in [5, 5.41) is 12.9. The number of unbranched alkanes of at least 4 members (excludes halogenated alkanes) is 3. The predicted octanol–water partition coefficient (Wildman–Crippen LogP) is 10.5. The van der Waals surface area contributed by atoms with Crippen molar-refractivity contribution in [2.24, 2.45) is 0 Å². The number of benzene rings is 4. The fourth-order valence-electron chi connectivity index (χ4n) is 6.04. The Hall–Kier alpha value is -6.23. The minimum atomic E-state index is -0.399. The first-order valence-corrected chi connectivity index (χ1v) is 18.6. The third-order valence-corrected chi connectivity index (χ3v) is 9.05. The number of carbonyl (C=O) groups excluding carboxylic acids is 1. The number of aromatic nitrogens is 6. The molecule has 274 valence electrons. The van der Waals surface area contributed by atoms with Crippen LogP contribution in [0.4, 0.5) is 0 Å². The number of ether oxygens (including phenoxy) is 1. The molecule has 0 saturated heterocycles. The molecule has 0 fully saturated rings. The van der Waals surface area contributed by atoms with Gasteiger partial charge in [-0.1, -0.05) is 104 Å². The molecule has 11 nitrogen and oxygen atoms in total. The number of nitrogens with zero attached hydrogens (tertiary/aromatic N) is 6. The van der Waals surface area contributed by atoms with Crippen LogP contribution in [0, 0.1) is 0 Å². The van der Waals surface area contributed by atoms with E-state index in [2.05, 4.69) is 53.6 Å². The molecule has 0 saturated carbocycles. The van der Waals surface area contributed by atoms with Crippen molar-refractivity contribution in [1.29, 1.82) is 0 Å². The zero-order valence-corrected chi connectivity index (χ0v) is 30.7. The molecule has 0 aliphatic carbocycles. The molecule has 0 spiro atoms. The van der Waals surface area contributed by atoms with E-state index >= 15 is 0 Å². The van der Waals surface area contributed by atoms with Crippen molar-refractivity contribution in [3.05, 3.63) is 108 Å². The van der Waals surface area contributed by atoms with E-state index in [0.29, 0.717) is 63.7 Å². The lowest BCUT2D eigenvalue weighted by Gasteiger charge is -2.04. The smallest absolute Gasteiger partial charge is 0.338 e. The molecule has 3 heterocycles. The molecule has 0 aliphatic rings. The van der Waals surface area contributed by atoms with Gasteiger partial charge in [-0.25, -0.2) is 4.79 Å². The standard InChI is InChI=1S/C43H42N6O5/c1-4-7-13-28-15-10-17-30(22-28)37-44-40(52-47-37)34-25-35(41-45-38(48-53-41)31-18-11-16-29(23-31)14-8-5-2)27-36(26-34)42-46-39(49-54-42)32-19-12-20-33(24-32)43(50)51-21-9-6-3/h10-12,15-20,22-27H,4-9,13-14,21H2,1-3H3. The molecule has 7 aromatic rings. The van der Waals surface area contributed by atoms with Gasteiger partial charge in [-0.05, 0) is 85.7 Å². The van der Waals surface area contributed by atoms with Gasteiger partial charge in [-0.3, -0.25) is 0 Å². The Morgan fingerprint density at radius 2 is 0.944 bits per heavy atom. The molecule has 3 aromatic heterocycles. The molecular weight excluding hydrogens is 681 g/mol. The van der Waals surface area contributed by atoms with Gasteiger partial charge in [0, 0.05) is 33.4 Å². The van der Waals surface area contributed by atoms with Crippen LogP contribution in [0.5, 0.6) is 0 Å². The largest absolute Gasteiger partial charge is 0.462 e. The number of carbonyl (C=O) groups is 1. The molecule has 0 N–H and O–H groups in total. The van der Waals surface area contributed by atoms with E-state index < -0.39 is 5.97 Å². The molecular formula is C43H42N6O5. The van der Waals surface area contributed by atoms with Crippen LogP contribution < -0.4 is 0 Å². The summed E-state index contributed by atoms with van der Waals surface area (Å²) in [7, 11) is 0. The summed E-state index contributed by atoms with van der Waals surface area (Å²) in [6.45, 7) is 6.77. The maximum atomic E-state index is 12.6. The normalized spacial score (nSPS) is 11.2. The second-order valence-electron chi connectivity index (χ2n) is 13.2. The van der Waals surface area contributed by atoms with Crippen molar-refractivity contribution in [3.63, 3.8) is 0 Å². The average Bonchev–Trinajstić information content (AvgIpc) is 4.02. The molecule has 4 aromatic carbocycles. The highest BCUT2D eigenvalue weighted by Crippen LogP contribution is 2.34. The van der Waals surface area contributed by atoms with Crippen LogP contribution in [-0.2, 0) is 17.6 Å². The number of aryl methyl sites for hydroxylation is 2. The lowest BCUT2D eigenvalue weighted by atomic mass is 10.0. The van der Waals surface area contributed by atoms with Crippen LogP contribution in [-0.4, -0.2) is 43.0 Å². The van der Waals surface area contributed by atoms with Gasteiger partial charge in [-0.2, -0.15) is 15.0 Å². The Bertz CT molecular complexity index is 2230. The highest BCUT2D eigenvalue weighted by Gasteiger charge is 2.21. The Balaban J connectivity index is 1.24. The summed E-state index contributed by atoms with van der Waals surface area (Å²) in [5.41, 5.74) is 6.97. The topological polar surface area (TPSA) is 143 Å². The summed E-state index contributed by atoms with van der Waals surface area (Å²) in [4.78, 5) is 26.9. The van der Waals surface area contributed by atoms with E-state index in [1.54, 1.807) is 18.2 Å². The predicted molar refractivity (Wildman–Crippen MR) is 205 cm³/mol. The van der Waals surface area contributed by atoms with E-state index in [-0.39, 0.29) is 5.89 Å². The first-order valence-electron chi connectivity index (χ1n) is 18.6. The lowest BCUT2D eigenvalue weighted by molar-refractivity contribution is 0.0499. The summed E-state index contributed by atoms with van der Waals surface area (Å²) in [5.74, 6) is 1.69. The van der Waals surface area contributed by atoms with Crippen molar-refractivity contribution >= 4 is 5.97 Å². The van der Waals surface area contributed by atoms with Gasteiger partial charge < -0.3 is 18.3 Å². The first kappa shape index (κ1) is 36.1. The van der Waals surface area contributed by atoms with E-state index in [1.807, 2.05) is 55.5 Å². The number of hydrogen-bond donors (Lipinski definition) is 0. The molecule has 0 unspecified atom stereocenters. The van der Waals surface area contributed by atoms with Gasteiger partial charge in [0.2, 0.25) is 17.5 Å². The Labute approximate surface area is 313 Å². The summed E-state index contributed by atoms with van der Waals surface area (Å²) in [6.07, 6.45) is 8.13. The summed E-state index contributed by atoms with van der Waals surface area (Å²) < 4.78 is 22.9. The van der Waals surface area contributed by atoms with Gasteiger partial charge in [0.15, 0.2) is 0 Å². The zero-order valence-electron chi connectivity index (χ0n) is 30.7. The van der Waals surface area contributed by atoms with Gasteiger partial charge in [0.05, 0.1) is 12.2 Å². The maximum Gasteiger partial charge on any atom is 0.338 e. The van der Waals surface area contributed by atoms with Gasteiger partial charge in [0.25, 0.3) is 17.7 Å². The van der Waals surface area contributed by atoms with Crippen LogP contribution in [0.15, 0.2) is 105 Å². The molecule has 0 bridgehead atoms. The van der Waals surface area contributed by atoms with Gasteiger partial charge in [-0.15, -0.1) is 0 Å². The Morgan fingerprint density at radius 1 is 0.519 bits per heavy atom. The summed E-state index contributed by atoms with van der Waals surface area (Å²) >= 11 is 0. The van der Waals surface area contributed by atoms with Crippen molar-refractivity contribution in [1.82, 2.24) is 30.4 Å². The van der Waals surface area contributed by atoms with Crippen molar-refractivity contribution < 1.29 is 23.1 Å². The van der Waals surface area contributed by atoms with Crippen LogP contribution in [0.1, 0.15) is 80.8 Å². The minimum absolute atomic E-state index is 0.232. The lowest BCUT2D eigenvalue weighted by Crippen LogP contribution is -2.06. The van der Waals surface area contributed by atoms with E-state index in [0.717, 1.165) is 62.5 Å². The van der Waals surface area contributed by atoms with Crippen LogP contribution >= 0.6 is 0 Å². The van der Waals surface area contributed by atoms with Crippen LogP contribution in [0.25, 0.3) is 68.5 Å². The van der Waals surface area contributed by atoms with Crippen molar-refractivity contribution in [3.8, 4) is 68.5 Å². The SMILES string of the molecule is CCCCOC(=O)c1cccc(-c2noc(-c3cc(-c4nc(-c5cccc(CCCC)c5)no4)cc(-c4nc(-c5cccc(CCCC)c5)no4)c3)n2)c1. The van der Waals surface area contributed by atoms with Gasteiger partial charge in [0.1, 0.15) is 0 Å². The molecule has 11 heteroatoms. The molecule has 0 atom stereocenters. The van der Waals surface area contributed by atoms with Crippen LogP contribution in [0.3, 0.4) is 0 Å². The quantitative estimate of drug-likeness (QED) is 0.0694. The molecule has 7 rings (SSSR count). The molecule has 0 radical (unpaired) electrons. The number of esters is 1.